The van der Waals surface area contributed by atoms with Gasteiger partial charge in [-0.05, 0) is 55.9 Å². The highest BCUT2D eigenvalue weighted by Gasteiger charge is 2.24. The number of hydrogen-bond acceptors (Lipinski definition) is 6. The Balaban J connectivity index is 1.32. The first-order valence-corrected chi connectivity index (χ1v) is 13.0. The van der Waals surface area contributed by atoms with Crippen molar-refractivity contribution in [3.8, 4) is 0 Å². The zero-order chi connectivity index (χ0) is 25.1. The molecule has 1 amide bonds. The number of nitrogens with zero attached hydrogens (tertiary/aromatic N) is 5. The Morgan fingerprint density at radius 3 is 2.86 bits per heavy atom. The van der Waals surface area contributed by atoms with E-state index in [9.17, 15) is 4.79 Å². The summed E-state index contributed by atoms with van der Waals surface area (Å²) < 4.78 is 13.3. The number of aryl methyl sites for hydroxylation is 2. The van der Waals surface area contributed by atoms with Gasteiger partial charge >= 0.3 is 0 Å². The molecule has 1 fully saturated rings. The van der Waals surface area contributed by atoms with Gasteiger partial charge in [-0.3, -0.25) is 19.6 Å². The molecule has 0 bridgehead atoms. The van der Waals surface area contributed by atoms with E-state index in [4.69, 9.17) is 14.6 Å². The van der Waals surface area contributed by atoms with Crippen molar-refractivity contribution in [1.82, 2.24) is 24.4 Å². The quantitative estimate of drug-likeness (QED) is 0.550. The van der Waals surface area contributed by atoms with Gasteiger partial charge in [0.25, 0.3) is 5.91 Å². The average Bonchev–Trinajstić information content (AvgIpc) is 3.31. The van der Waals surface area contributed by atoms with Crippen molar-refractivity contribution in [1.29, 1.82) is 0 Å². The van der Waals surface area contributed by atoms with Crippen molar-refractivity contribution >= 4 is 17.0 Å². The minimum absolute atomic E-state index is 0.0938. The molecule has 36 heavy (non-hydrogen) atoms. The summed E-state index contributed by atoms with van der Waals surface area (Å²) in [6, 6.07) is 2.06. The maximum absolute atomic E-state index is 13.4. The normalized spacial score (nSPS) is 21.0. The van der Waals surface area contributed by atoms with E-state index >= 15 is 0 Å². The van der Waals surface area contributed by atoms with Crippen LogP contribution in [0.4, 0.5) is 0 Å². The molecule has 0 N–H and O–H groups in total. The van der Waals surface area contributed by atoms with Crippen LogP contribution in [0.2, 0.25) is 0 Å². The van der Waals surface area contributed by atoms with E-state index in [1.807, 2.05) is 29.8 Å². The Bertz CT molecular complexity index is 1250. The lowest BCUT2D eigenvalue weighted by molar-refractivity contribution is -0.122. The topological polar surface area (TPSA) is 72.2 Å². The van der Waals surface area contributed by atoms with Crippen LogP contribution in [0.25, 0.3) is 11.1 Å². The lowest BCUT2D eigenvalue weighted by atomic mass is 9.92. The summed E-state index contributed by atoms with van der Waals surface area (Å²) in [4.78, 5) is 22.2. The number of carbonyl (C=O) groups excluding carboxylic acids is 1. The van der Waals surface area contributed by atoms with E-state index in [2.05, 4.69) is 35.9 Å². The van der Waals surface area contributed by atoms with Crippen LogP contribution >= 0.6 is 0 Å². The molecule has 1 atom stereocenters. The summed E-state index contributed by atoms with van der Waals surface area (Å²) in [5.41, 5.74) is 5.58. The molecular formula is C28H35N5O3. The smallest absolute Gasteiger partial charge is 0.255 e. The molecule has 3 aliphatic rings. The molecule has 3 aliphatic heterocycles. The first-order valence-electron chi connectivity index (χ1n) is 13.0. The number of amides is 1. The molecule has 2 aromatic heterocycles. The second-order valence-electron chi connectivity index (χ2n) is 9.64. The first kappa shape index (κ1) is 24.5. The van der Waals surface area contributed by atoms with Gasteiger partial charge in [-0.1, -0.05) is 19.9 Å². The minimum Gasteiger partial charge on any atom is -0.492 e. The van der Waals surface area contributed by atoms with Gasteiger partial charge in [0.05, 0.1) is 54.8 Å². The summed E-state index contributed by atoms with van der Waals surface area (Å²) in [6.07, 6.45) is 14.1. The van der Waals surface area contributed by atoms with Gasteiger partial charge in [-0.15, -0.1) is 0 Å². The van der Waals surface area contributed by atoms with Gasteiger partial charge in [0.15, 0.2) is 0 Å². The number of ether oxygens (including phenoxy) is 2. The van der Waals surface area contributed by atoms with Crippen LogP contribution in [0.5, 0.6) is 0 Å². The van der Waals surface area contributed by atoms with Gasteiger partial charge in [-0.2, -0.15) is 5.10 Å². The first-order chi connectivity index (χ1) is 17.5. The molecule has 5 rings (SSSR count). The van der Waals surface area contributed by atoms with Gasteiger partial charge in [-0.25, -0.2) is 4.52 Å². The summed E-state index contributed by atoms with van der Waals surface area (Å²) in [5, 5.41) is 4.82. The van der Waals surface area contributed by atoms with Crippen LogP contribution in [0.3, 0.4) is 0 Å². The monoisotopic (exact) mass is 489 g/mol. The van der Waals surface area contributed by atoms with E-state index < -0.39 is 0 Å². The predicted molar refractivity (Wildman–Crippen MR) is 139 cm³/mol. The highest BCUT2D eigenvalue weighted by atomic mass is 16.5. The van der Waals surface area contributed by atoms with Crippen LogP contribution in [0.15, 0.2) is 54.2 Å². The molecule has 8 heteroatoms. The molecular weight excluding hydrogens is 454 g/mol. The zero-order valence-corrected chi connectivity index (χ0v) is 21.4. The Kier molecular flexibility index (Phi) is 7.34. The molecule has 0 saturated carbocycles. The van der Waals surface area contributed by atoms with Gasteiger partial charge in [0.1, 0.15) is 5.76 Å². The summed E-state index contributed by atoms with van der Waals surface area (Å²) in [7, 11) is 0. The highest BCUT2D eigenvalue weighted by Crippen LogP contribution is 2.31. The van der Waals surface area contributed by atoms with Crippen molar-refractivity contribution < 1.29 is 14.3 Å². The van der Waals surface area contributed by atoms with Crippen molar-refractivity contribution in [2.24, 2.45) is 5.92 Å². The van der Waals surface area contributed by atoms with Crippen molar-refractivity contribution in [3.05, 3.63) is 71.3 Å². The molecule has 0 aromatic carbocycles. The maximum atomic E-state index is 13.4. The summed E-state index contributed by atoms with van der Waals surface area (Å²) in [5.74, 6) is 0.763. The van der Waals surface area contributed by atoms with Crippen molar-refractivity contribution in [3.63, 3.8) is 0 Å². The maximum Gasteiger partial charge on any atom is 0.255 e. The van der Waals surface area contributed by atoms with Crippen LogP contribution in [-0.2, 0) is 20.7 Å². The predicted octanol–water partition coefficient (Wildman–Crippen LogP) is 3.89. The molecule has 1 saturated heterocycles. The third-order valence-electron chi connectivity index (χ3n) is 6.95. The highest BCUT2D eigenvalue weighted by molar-refractivity contribution is 5.98. The number of allylic oxidation sites excluding steroid dienone is 4. The van der Waals surface area contributed by atoms with E-state index in [0.29, 0.717) is 12.4 Å². The lowest BCUT2D eigenvalue weighted by Crippen LogP contribution is -2.37. The van der Waals surface area contributed by atoms with Crippen LogP contribution in [0, 0.1) is 12.8 Å². The van der Waals surface area contributed by atoms with Crippen molar-refractivity contribution in [2.75, 3.05) is 39.5 Å². The molecule has 5 heterocycles. The number of fused-ring (bicyclic) bond motifs is 2. The van der Waals surface area contributed by atoms with Crippen LogP contribution in [0.1, 0.15) is 43.8 Å². The van der Waals surface area contributed by atoms with E-state index in [0.717, 1.165) is 86.0 Å². The fourth-order valence-electron chi connectivity index (χ4n) is 4.92. The number of rotatable bonds is 7. The Morgan fingerprint density at radius 2 is 2.06 bits per heavy atom. The van der Waals surface area contributed by atoms with Gasteiger partial charge in [0, 0.05) is 31.4 Å². The Morgan fingerprint density at radius 1 is 1.22 bits per heavy atom. The molecule has 0 radical (unpaired) electrons. The molecule has 0 spiro atoms. The number of aromatic nitrogens is 3. The SMILES string of the molecule is CCc1nc(C)cn2nc(C3=CC(=O)N4C=C(OCCCN5CCOCC5)C=CC4=CCC3C)cc12. The molecule has 190 valence electrons. The lowest BCUT2D eigenvalue weighted by Gasteiger charge is -2.27. The minimum atomic E-state index is -0.0938. The number of hydrogen-bond donors (Lipinski definition) is 0. The van der Waals surface area contributed by atoms with Crippen LogP contribution in [-0.4, -0.2) is 69.8 Å². The number of morpholine rings is 1. The zero-order valence-electron chi connectivity index (χ0n) is 21.4. The third kappa shape index (κ3) is 5.29. The Hall–Kier alpha value is -3.23. The Labute approximate surface area is 212 Å². The van der Waals surface area contributed by atoms with Gasteiger partial charge in [0.2, 0.25) is 0 Å². The molecule has 2 aromatic rings. The second-order valence-corrected chi connectivity index (χ2v) is 9.64. The van der Waals surface area contributed by atoms with Crippen molar-refractivity contribution in [2.45, 2.75) is 40.0 Å². The fraction of sp³-hybridized carbons (Fsp3) is 0.464. The molecule has 0 aliphatic carbocycles. The summed E-state index contributed by atoms with van der Waals surface area (Å²) in [6.45, 7) is 11.4. The standard InChI is InChI=1S/C28H35N5O3/c1-4-25-27-17-26(30-33(27)18-21(3)29-25)24-16-28(34)32-19-23(9-8-22(32)7-6-20(24)2)36-13-5-10-31-11-14-35-15-12-31/h7-9,16-20H,4-6,10-15H2,1-3H3. The molecule has 8 nitrogen and oxygen atoms in total. The molecule has 1 unspecified atom stereocenters. The van der Waals surface area contributed by atoms with Gasteiger partial charge < -0.3 is 9.47 Å². The van der Waals surface area contributed by atoms with E-state index in [1.165, 1.54) is 0 Å². The third-order valence-corrected chi connectivity index (χ3v) is 6.95. The van der Waals surface area contributed by atoms with Crippen LogP contribution < -0.4 is 0 Å². The summed E-state index contributed by atoms with van der Waals surface area (Å²) >= 11 is 0. The fourth-order valence-corrected chi connectivity index (χ4v) is 4.92. The second kappa shape index (κ2) is 10.8. The van der Waals surface area contributed by atoms with E-state index in [1.54, 1.807) is 17.2 Å². The average molecular weight is 490 g/mol. The number of carbonyl (C=O) groups is 1. The van der Waals surface area contributed by atoms with E-state index in [-0.39, 0.29) is 11.8 Å². The largest absolute Gasteiger partial charge is 0.492 e.